The summed E-state index contributed by atoms with van der Waals surface area (Å²) in [4.78, 5) is 21.8. The molecule has 0 bridgehead atoms. The van der Waals surface area contributed by atoms with Crippen LogP contribution >= 0.6 is 34.5 Å². The maximum atomic E-state index is 12.3. The number of nitrogens with zero attached hydrogens (tertiary/aromatic N) is 2. The molecular weight excluding hydrogens is 419 g/mol. The molecule has 0 saturated heterocycles. The maximum absolute atomic E-state index is 12.3. The molecule has 146 valence electrons. The van der Waals surface area contributed by atoms with E-state index < -0.39 is 0 Å². The fraction of sp³-hybridized carbons (Fsp3) is 0.211. The van der Waals surface area contributed by atoms with Gasteiger partial charge in [-0.05, 0) is 30.3 Å². The van der Waals surface area contributed by atoms with Gasteiger partial charge in [0, 0.05) is 41.5 Å². The van der Waals surface area contributed by atoms with Gasteiger partial charge in [-0.15, -0.1) is 11.3 Å². The van der Waals surface area contributed by atoms with Crippen LogP contribution in [0.25, 0.3) is 11.3 Å². The molecule has 0 unspecified atom stereocenters. The lowest BCUT2D eigenvalue weighted by molar-refractivity contribution is -0.120. The highest BCUT2D eigenvalue weighted by Gasteiger charge is 2.17. The number of hydrogen-bond acceptors (Lipinski definition) is 6. The second-order valence-corrected chi connectivity index (χ2v) is 7.72. The molecule has 6 nitrogen and oxygen atoms in total. The van der Waals surface area contributed by atoms with Gasteiger partial charge in [0.05, 0.1) is 29.4 Å². The maximum Gasteiger partial charge on any atom is 0.225 e. The van der Waals surface area contributed by atoms with Crippen LogP contribution in [0.15, 0.2) is 42.7 Å². The van der Waals surface area contributed by atoms with Crippen LogP contribution in [0.5, 0.6) is 0 Å². The summed E-state index contributed by atoms with van der Waals surface area (Å²) >= 11 is 13.7. The molecule has 28 heavy (non-hydrogen) atoms. The molecule has 2 N–H and O–H groups in total. The van der Waals surface area contributed by atoms with E-state index in [1.165, 1.54) is 11.3 Å². The third-order valence-electron chi connectivity index (χ3n) is 3.77. The Balaban J connectivity index is 1.87. The summed E-state index contributed by atoms with van der Waals surface area (Å²) in [6, 6.07) is 8.88. The zero-order valence-electron chi connectivity index (χ0n) is 15.0. The van der Waals surface area contributed by atoms with E-state index >= 15 is 0 Å². The van der Waals surface area contributed by atoms with Crippen molar-refractivity contribution in [3.63, 3.8) is 0 Å². The number of amides is 1. The van der Waals surface area contributed by atoms with E-state index in [9.17, 15) is 4.79 Å². The number of anilines is 2. The second kappa shape index (κ2) is 9.84. The normalized spacial score (nSPS) is 10.7. The Morgan fingerprint density at radius 1 is 1.21 bits per heavy atom. The third kappa shape index (κ3) is 5.42. The van der Waals surface area contributed by atoms with Crippen molar-refractivity contribution < 1.29 is 9.53 Å². The minimum Gasteiger partial charge on any atom is -0.383 e. The Morgan fingerprint density at radius 3 is 2.75 bits per heavy atom. The van der Waals surface area contributed by atoms with E-state index in [-0.39, 0.29) is 12.3 Å². The molecule has 0 aliphatic rings. The van der Waals surface area contributed by atoms with Gasteiger partial charge in [0.1, 0.15) is 0 Å². The number of benzene rings is 1. The van der Waals surface area contributed by atoms with Gasteiger partial charge in [-0.3, -0.25) is 9.78 Å². The summed E-state index contributed by atoms with van der Waals surface area (Å²) in [7, 11) is 1.59. The van der Waals surface area contributed by atoms with Gasteiger partial charge in [-0.2, -0.15) is 0 Å². The molecule has 2 heterocycles. The van der Waals surface area contributed by atoms with Crippen molar-refractivity contribution in [1.82, 2.24) is 15.3 Å². The van der Waals surface area contributed by atoms with E-state index in [0.717, 1.165) is 16.1 Å². The largest absolute Gasteiger partial charge is 0.383 e. The number of carbonyl (C=O) groups is 1. The highest BCUT2D eigenvalue weighted by atomic mass is 35.5. The monoisotopic (exact) mass is 436 g/mol. The summed E-state index contributed by atoms with van der Waals surface area (Å²) < 4.78 is 4.96. The molecular formula is C19H18Cl2N4O2S. The van der Waals surface area contributed by atoms with Gasteiger partial charge in [-0.1, -0.05) is 23.2 Å². The zero-order valence-corrected chi connectivity index (χ0v) is 17.4. The molecule has 0 radical (unpaired) electrons. The van der Waals surface area contributed by atoms with Crippen molar-refractivity contribution in [2.45, 2.75) is 6.42 Å². The van der Waals surface area contributed by atoms with Gasteiger partial charge < -0.3 is 15.4 Å². The van der Waals surface area contributed by atoms with E-state index in [4.69, 9.17) is 27.9 Å². The Kier molecular flexibility index (Phi) is 7.22. The Bertz CT molecular complexity index is 950. The minimum absolute atomic E-state index is 0.0941. The first-order valence-electron chi connectivity index (χ1n) is 8.44. The minimum atomic E-state index is -0.0941. The highest BCUT2D eigenvalue weighted by molar-refractivity contribution is 7.16. The lowest BCUT2D eigenvalue weighted by atomic mass is 10.1. The number of aromatic nitrogens is 2. The summed E-state index contributed by atoms with van der Waals surface area (Å²) in [5.74, 6) is -0.0941. The fourth-order valence-corrected chi connectivity index (χ4v) is 3.80. The number of rotatable bonds is 8. The summed E-state index contributed by atoms with van der Waals surface area (Å²) in [6.07, 6.45) is 3.60. The van der Waals surface area contributed by atoms with Crippen LogP contribution in [-0.2, 0) is 16.0 Å². The number of pyridine rings is 1. The number of methoxy groups -OCH3 is 1. The first-order chi connectivity index (χ1) is 13.6. The van der Waals surface area contributed by atoms with Crippen molar-refractivity contribution in [2.75, 3.05) is 25.6 Å². The lowest BCUT2D eigenvalue weighted by Gasteiger charge is -2.05. The van der Waals surface area contributed by atoms with Crippen LogP contribution in [0.1, 0.15) is 4.88 Å². The topological polar surface area (TPSA) is 76.1 Å². The first kappa shape index (κ1) is 20.5. The predicted octanol–water partition coefficient (Wildman–Crippen LogP) is 4.56. The molecule has 0 atom stereocenters. The van der Waals surface area contributed by atoms with Crippen molar-refractivity contribution in [2.24, 2.45) is 0 Å². The Morgan fingerprint density at radius 2 is 2.00 bits per heavy atom. The standard InChI is InChI=1S/C19H18Cl2N4O2S/c1-27-9-8-23-17(26)11-16-18(12-4-6-22-7-5-12)25-19(28-16)24-15-10-13(20)2-3-14(15)21/h2-7,10H,8-9,11H2,1H3,(H,23,26)(H,24,25). The molecule has 0 aliphatic carbocycles. The Labute approximate surface area is 176 Å². The third-order valence-corrected chi connectivity index (χ3v) is 5.31. The molecule has 1 aromatic carbocycles. The van der Waals surface area contributed by atoms with Gasteiger partial charge in [-0.25, -0.2) is 4.98 Å². The van der Waals surface area contributed by atoms with Gasteiger partial charge in [0.2, 0.25) is 5.91 Å². The van der Waals surface area contributed by atoms with E-state index in [0.29, 0.717) is 34.0 Å². The SMILES string of the molecule is COCCNC(=O)Cc1sc(Nc2cc(Cl)ccc2Cl)nc1-c1ccncc1. The molecule has 3 aromatic rings. The van der Waals surface area contributed by atoms with Crippen LogP contribution in [0.2, 0.25) is 10.0 Å². The van der Waals surface area contributed by atoms with Gasteiger partial charge >= 0.3 is 0 Å². The lowest BCUT2D eigenvalue weighted by Crippen LogP contribution is -2.28. The molecule has 0 aliphatic heterocycles. The van der Waals surface area contributed by atoms with Gasteiger partial charge in [0.25, 0.3) is 0 Å². The molecule has 3 rings (SSSR count). The van der Waals surface area contributed by atoms with E-state index in [1.807, 2.05) is 12.1 Å². The molecule has 0 fully saturated rings. The highest BCUT2D eigenvalue weighted by Crippen LogP contribution is 2.35. The number of nitrogens with one attached hydrogen (secondary N) is 2. The molecule has 1 amide bonds. The average molecular weight is 437 g/mol. The molecule has 0 saturated carbocycles. The van der Waals surface area contributed by atoms with Crippen molar-refractivity contribution in [3.8, 4) is 11.3 Å². The smallest absolute Gasteiger partial charge is 0.225 e. The number of halogens is 2. The van der Waals surface area contributed by atoms with E-state index in [1.54, 1.807) is 37.7 Å². The summed E-state index contributed by atoms with van der Waals surface area (Å²) in [5, 5.41) is 7.74. The van der Waals surface area contributed by atoms with Crippen LogP contribution in [0.4, 0.5) is 10.8 Å². The summed E-state index contributed by atoms with van der Waals surface area (Å²) in [6.45, 7) is 0.924. The zero-order chi connectivity index (χ0) is 19.9. The number of thiazole rings is 1. The molecule has 2 aromatic heterocycles. The summed E-state index contributed by atoms with van der Waals surface area (Å²) in [5.41, 5.74) is 2.27. The number of hydrogen-bond donors (Lipinski definition) is 2. The average Bonchev–Trinajstić information content (AvgIpc) is 3.08. The van der Waals surface area contributed by atoms with Crippen molar-refractivity contribution >= 4 is 51.3 Å². The van der Waals surface area contributed by atoms with Crippen LogP contribution in [0, 0.1) is 0 Å². The fourth-order valence-electron chi connectivity index (χ4n) is 2.47. The van der Waals surface area contributed by atoms with Crippen LogP contribution in [-0.4, -0.2) is 36.1 Å². The second-order valence-electron chi connectivity index (χ2n) is 5.80. The quantitative estimate of drug-likeness (QED) is 0.506. The predicted molar refractivity (Wildman–Crippen MR) is 114 cm³/mol. The molecule has 9 heteroatoms. The van der Waals surface area contributed by atoms with Gasteiger partial charge in [0.15, 0.2) is 5.13 Å². The van der Waals surface area contributed by atoms with Crippen LogP contribution < -0.4 is 10.6 Å². The van der Waals surface area contributed by atoms with Crippen molar-refractivity contribution in [1.29, 1.82) is 0 Å². The van der Waals surface area contributed by atoms with Crippen LogP contribution in [0.3, 0.4) is 0 Å². The first-order valence-corrected chi connectivity index (χ1v) is 10.0. The van der Waals surface area contributed by atoms with E-state index in [2.05, 4.69) is 20.6 Å². The molecule has 0 spiro atoms. The number of ether oxygens (including phenoxy) is 1. The Hall–Kier alpha value is -2.19. The van der Waals surface area contributed by atoms with Crippen molar-refractivity contribution in [3.05, 3.63) is 57.6 Å². The number of carbonyl (C=O) groups excluding carboxylic acids is 1.